The quantitative estimate of drug-likeness (QED) is 0.439. The summed E-state index contributed by atoms with van der Waals surface area (Å²) < 4.78 is 0. The van der Waals surface area contributed by atoms with Gasteiger partial charge in [0.05, 0.1) is 0 Å². The van der Waals surface area contributed by atoms with Gasteiger partial charge in [-0.25, -0.2) is 0 Å². The molecule has 1 aromatic carbocycles. The van der Waals surface area contributed by atoms with Crippen LogP contribution in [0.2, 0.25) is 0 Å². The van der Waals surface area contributed by atoms with Gasteiger partial charge in [0.2, 0.25) is 11.8 Å². The third-order valence-electron chi connectivity index (χ3n) is 5.13. The van der Waals surface area contributed by atoms with Gasteiger partial charge in [0.1, 0.15) is 12.3 Å². The number of hydrogen-bond donors (Lipinski definition) is 1. The van der Waals surface area contributed by atoms with Gasteiger partial charge in [-0.3, -0.25) is 19.7 Å². The third kappa shape index (κ3) is 4.00. The Bertz CT molecular complexity index is 729. The van der Waals surface area contributed by atoms with E-state index in [1.165, 1.54) is 5.56 Å². The highest BCUT2D eigenvalue weighted by atomic mass is 16.2. The van der Waals surface area contributed by atoms with Crippen LogP contribution >= 0.6 is 0 Å². The Morgan fingerprint density at radius 3 is 2.69 bits per heavy atom. The minimum atomic E-state index is -0.561. The highest BCUT2D eigenvalue weighted by Crippen LogP contribution is 2.28. The van der Waals surface area contributed by atoms with Gasteiger partial charge in [-0.1, -0.05) is 25.0 Å². The van der Waals surface area contributed by atoms with E-state index < -0.39 is 6.04 Å². The van der Waals surface area contributed by atoms with Crippen molar-refractivity contribution in [3.05, 3.63) is 34.9 Å². The highest BCUT2D eigenvalue weighted by molar-refractivity contribution is 6.05. The van der Waals surface area contributed by atoms with Gasteiger partial charge in [0.15, 0.2) is 0 Å². The van der Waals surface area contributed by atoms with Crippen LogP contribution in [-0.2, 0) is 27.3 Å². The van der Waals surface area contributed by atoms with Crippen molar-refractivity contribution in [2.24, 2.45) is 0 Å². The van der Waals surface area contributed by atoms with Gasteiger partial charge in [-0.2, -0.15) is 0 Å². The number of imide groups is 1. The van der Waals surface area contributed by atoms with Crippen molar-refractivity contribution >= 4 is 24.0 Å². The summed E-state index contributed by atoms with van der Waals surface area (Å²) in [7, 11) is 0. The molecule has 3 rings (SSSR count). The van der Waals surface area contributed by atoms with Crippen molar-refractivity contribution in [2.75, 3.05) is 0 Å². The molecule has 6 nitrogen and oxygen atoms in total. The van der Waals surface area contributed by atoms with Crippen molar-refractivity contribution < 1.29 is 19.2 Å². The molecular formula is C20H24N2O4. The van der Waals surface area contributed by atoms with Crippen LogP contribution in [0, 0.1) is 0 Å². The molecule has 26 heavy (non-hydrogen) atoms. The first-order valence-electron chi connectivity index (χ1n) is 9.30. The Hall–Kier alpha value is -2.50. The van der Waals surface area contributed by atoms with E-state index in [1.54, 1.807) is 4.90 Å². The first-order valence-corrected chi connectivity index (χ1v) is 9.30. The Morgan fingerprint density at radius 1 is 1.12 bits per heavy atom. The van der Waals surface area contributed by atoms with E-state index >= 15 is 0 Å². The Morgan fingerprint density at radius 2 is 1.92 bits per heavy atom. The molecule has 6 heteroatoms. The number of aldehydes is 1. The molecule has 1 saturated heterocycles. The molecule has 1 N–H and O–H groups in total. The summed E-state index contributed by atoms with van der Waals surface area (Å²) >= 11 is 0. The van der Waals surface area contributed by atoms with Gasteiger partial charge in [0, 0.05) is 24.9 Å². The second-order valence-electron chi connectivity index (χ2n) is 7.01. The van der Waals surface area contributed by atoms with Crippen LogP contribution in [0.15, 0.2) is 18.2 Å². The lowest BCUT2D eigenvalue weighted by Gasteiger charge is -2.29. The monoisotopic (exact) mass is 356 g/mol. The number of piperidine rings is 1. The number of aryl methyl sites for hydroxylation is 1. The van der Waals surface area contributed by atoms with Crippen LogP contribution in [-0.4, -0.2) is 34.9 Å². The van der Waals surface area contributed by atoms with Crippen molar-refractivity contribution in [2.45, 2.75) is 64.0 Å². The molecule has 3 amide bonds. The van der Waals surface area contributed by atoms with Gasteiger partial charge in [-0.15, -0.1) is 0 Å². The SMILES string of the molecule is O=CCCCCCCc1ccc2c(c1)CN(C1CCC(=O)NC1=O)C2=O. The molecule has 0 radical (unpaired) electrons. The summed E-state index contributed by atoms with van der Waals surface area (Å²) in [6, 6.07) is 5.33. The van der Waals surface area contributed by atoms with Crippen LogP contribution in [0.3, 0.4) is 0 Å². The van der Waals surface area contributed by atoms with E-state index in [9.17, 15) is 19.2 Å². The Balaban J connectivity index is 1.58. The number of benzene rings is 1. The molecule has 2 aliphatic rings. The number of carbonyl (C=O) groups excluding carboxylic acids is 4. The maximum Gasteiger partial charge on any atom is 0.255 e. The molecule has 0 aliphatic carbocycles. The van der Waals surface area contributed by atoms with Crippen molar-refractivity contribution in [3.8, 4) is 0 Å². The predicted octanol–water partition coefficient (Wildman–Crippen LogP) is 2.14. The topological polar surface area (TPSA) is 83.6 Å². The Labute approximate surface area is 152 Å². The average Bonchev–Trinajstić information content (AvgIpc) is 2.94. The zero-order chi connectivity index (χ0) is 18.5. The number of carbonyl (C=O) groups is 4. The zero-order valence-electron chi connectivity index (χ0n) is 14.8. The smallest absolute Gasteiger partial charge is 0.255 e. The largest absolute Gasteiger partial charge is 0.322 e. The molecule has 1 fully saturated rings. The number of amides is 3. The molecule has 2 aliphatic heterocycles. The molecule has 1 atom stereocenters. The zero-order valence-corrected chi connectivity index (χ0v) is 14.8. The van der Waals surface area contributed by atoms with Gasteiger partial charge < -0.3 is 9.69 Å². The van der Waals surface area contributed by atoms with E-state index in [2.05, 4.69) is 11.4 Å². The minimum Gasteiger partial charge on any atom is -0.322 e. The fourth-order valence-electron chi connectivity index (χ4n) is 3.69. The molecule has 0 aromatic heterocycles. The maximum absolute atomic E-state index is 12.6. The summed E-state index contributed by atoms with van der Waals surface area (Å²) in [5, 5.41) is 2.32. The Kier molecular flexibility index (Phi) is 5.81. The molecule has 2 heterocycles. The second-order valence-corrected chi connectivity index (χ2v) is 7.01. The number of hydrogen-bond acceptors (Lipinski definition) is 4. The first kappa shape index (κ1) is 18.3. The molecule has 0 spiro atoms. The van der Waals surface area contributed by atoms with Crippen molar-refractivity contribution in [3.63, 3.8) is 0 Å². The minimum absolute atomic E-state index is 0.130. The lowest BCUT2D eigenvalue weighted by Crippen LogP contribution is -2.52. The standard InChI is InChI=1S/C20H24N2O4/c23-11-5-3-1-2-4-6-14-7-8-16-15(12-14)13-22(20(16)26)17-9-10-18(24)21-19(17)25/h7-8,11-12,17H,1-6,9-10,13H2,(H,21,24,25). The third-order valence-corrected chi connectivity index (χ3v) is 5.13. The lowest BCUT2D eigenvalue weighted by molar-refractivity contribution is -0.136. The predicted molar refractivity (Wildman–Crippen MR) is 95.3 cm³/mol. The maximum atomic E-state index is 12.6. The number of nitrogens with zero attached hydrogens (tertiary/aromatic N) is 1. The fraction of sp³-hybridized carbons (Fsp3) is 0.500. The molecule has 138 valence electrons. The normalized spacial score (nSPS) is 19.5. The number of unbranched alkanes of at least 4 members (excludes halogenated alkanes) is 4. The van der Waals surface area contributed by atoms with Gasteiger partial charge in [0.25, 0.3) is 5.91 Å². The lowest BCUT2D eigenvalue weighted by atomic mass is 10.0. The van der Waals surface area contributed by atoms with Crippen molar-refractivity contribution in [1.29, 1.82) is 0 Å². The van der Waals surface area contributed by atoms with E-state index in [0.29, 0.717) is 24.9 Å². The van der Waals surface area contributed by atoms with E-state index in [4.69, 9.17) is 0 Å². The molecule has 1 unspecified atom stereocenters. The summed E-state index contributed by atoms with van der Waals surface area (Å²) in [4.78, 5) is 47.9. The van der Waals surface area contributed by atoms with Crippen molar-refractivity contribution in [1.82, 2.24) is 10.2 Å². The second kappa shape index (κ2) is 8.25. The summed E-state index contributed by atoms with van der Waals surface area (Å²) in [5.74, 6) is -0.779. The highest BCUT2D eigenvalue weighted by Gasteiger charge is 2.38. The van der Waals surface area contributed by atoms with Gasteiger partial charge >= 0.3 is 0 Å². The van der Waals surface area contributed by atoms with Crippen LogP contribution in [0.4, 0.5) is 0 Å². The average molecular weight is 356 g/mol. The summed E-state index contributed by atoms with van der Waals surface area (Å²) in [5.41, 5.74) is 2.81. The van der Waals surface area contributed by atoms with Crippen LogP contribution in [0.5, 0.6) is 0 Å². The van der Waals surface area contributed by atoms with E-state index in [0.717, 1.165) is 44.0 Å². The summed E-state index contributed by atoms with van der Waals surface area (Å²) in [6.07, 6.45) is 7.36. The van der Waals surface area contributed by atoms with Crippen LogP contribution in [0.25, 0.3) is 0 Å². The molecule has 0 bridgehead atoms. The number of rotatable bonds is 8. The first-order chi connectivity index (χ1) is 12.6. The van der Waals surface area contributed by atoms with Gasteiger partial charge in [-0.05, 0) is 42.9 Å². The fourth-order valence-corrected chi connectivity index (χ4v) is 3.69. The number of nitrogens with one attached hydrogen (secondary N) is 1. The van der Waals surface area contributed by atoms with E-state index in [1.807, 2.05) is 12.1 Å². The molecule has 1 aromatic rings. The molecule has 0 saturated carbocycles. The van der Waals surface area contributed by atoms with Crippen LogP contribution in [0.1, 0.15) is 66.4 Å². The summed E-state index contributed by atoms with van der Waals surface area (Å²) in [6.45, 7) is 0.424. The number of fused-ring (bicyclic) bond motifs is 1. The van der Waals surface area contributed by atoms with Crippen LogP contribution < -0.4 is 5.32 Å². The van der Waals surface area contributed by atoms with E-state index in [-0.39, 0.29) is 24.1 Å². The molecular weight excluding hydrogens is 332 g/mol.